The fourth-order valence-electron chi connectivity index (χ4n) is 4.21. The van der Waals surface area contributed by atoms with Gasteiger partial charge in [0, 0.05) is 30.2 Å². The number of likely N-dealkylation sites (tertiary alicyclic amines) is 1. The summed E-state index contributed by atoms with van der Waals surface area (Å²) >= 11 is 0. The third-order valence-corrected chi connectivity index (χ3v) is 5.87. The van der Waals surface area contributed by atoms with E-state index in [9.17, 15) is 9.59 Å². The van der Waals surface area contributed by atoms with Crippen molar-refractivity contribution in [3.8, 4) is 0 Å². The summed E-state index contributed by atoms with van der Waals surface area (Å²) in [5.41, 5.74) is 3.75. The van der Waals surface area contributed by atoms with E-state index < -0.39 is 6.04 Å². The maximum atomic E-state index is 13.3. The van der Waals surface area contributed by atoms with Crippen molar-refractivity contribution in [1.82, 2.24) is 14.8 Å². The lowest BCUT2D eigenvalue weighted by atomic mass is 10.1. The standard InChI is InChI=1S/C27H30N4O2/c1-30(2)15-7-11-26(32)31-19-21(16-20-8-4-3-5-9-20)17-25(31)27(33)29-23-12-13-24-22(18-23)10-6-14-28-24/h3-6,8-10,12-14,16,18,25H,7,11,15,17,19H2,1-2H3,(H,29,33)/t25-/m0/s1. The van der Waals surface area contributed by atoms with Gasteiger partial charge in [-0.05, 0) is 68.9 Å². The van der Waals surface area contributed by atoms with Crippen LogP contribution in [0.1, 0.15) is 24.8 Å². The van der Waals surface area contributed by atoms with Crippen LogP contribution < -0.4 is 5.32 Å². The van der Waals surface area contributed by atoms with Crippen LogP contribution in [-0.2, 0) is 9.59 Å². The van der Waals surface area contributed by atoms with Gasteiger partial charge >= 0.3 is 0 Å². The predicted molar refractivity (Wildman–Crippen MR) is 133 cm³/mol. The molecule has 33 heavy (non-hydrogen) atoms. The van der Waals surface area contributed by atoms with Crippen LogP contribution in [0.5, 0.6) is 0 Å². The Labute approximate surface area is 194 Å². The van der Waals surface area contributed by atoms with E-state index in [0.717, 1.165) is 35.0 Å². The summed E-state index contributed by atoms with van der Waals surface area (Å²) in [6.45, 7) is 1.32. The largest absolute Gasteiger partial charge is 0.326 e. The Hall–Kier alpha value is -3.51. The van der Waals surface area contributed by atoms with Crippen molar-refractivity contribution in [1.29, 1.82) is 0 Å². The SMILES string of the molecule is CN(C)CCCC(=O)N1CC(=Cc2ccccc2)C[C@H]1C(=O)Nc1ccc2ncccc2c1. The lowest BCUT2D eigenvalue weighted by molar-refractivity contribution is -0.136. The van der Waals surface area contributed by atoms with Gasteiger partial charge in [-0.2, -0.15) is 0 Å². The molecule has 0 bridgehead atoms. The lowest BCUT2D eigenvalue weighted by Gasteiger charge is -2.24. The molecule has 0 spiro atoms. The summed E-state index contributed by atoms with van der Waals surface area (Å²) in [4.78, 5) is 34.5. The van der Waals surface area contributed by atoms with E-state index in [0.29, 0.717) is 25.1 Å². The number of fused-ring (bicyclic) bond motifs is 1. The molecule has 2 amide bonds. The van der Waals surface area contributed by atoms with Crippen LogP contribution in [0.3, 0.4) is 0 Å². The molecule has 6 nitrogen and oxygen atoms in total. The predicted octanol–water partition coefficient (Wildman–Crippen LogP) is 4.20. The molecule has 1 fully saturated rings. The number of benzene rings is 2. The molecule has 2 heterocycles. The number of amides is 2. The molecule has 1 aliphatic rings. The Morgan fingerprint density at radius 1 is 1.12 bits per heavy atom. The second-order valence-corrected chi connectivity index (χ2v) is 8.76. The minimum atomic E-state index is -0.517. The number of hydrogen-bond donors (Lipinski definition) is 1. The zero-order chi connectivity index (χ0) is 23.2. The van der Waals surface area contributed by atoms with Gasteiger partial charge in [0.2, 0.25) is 11.8 Å². The number of aromatic nitrogens is 1. The highest BCUT2D eigenvalue weighted by Gasteiger charge is 2.36. The third-order valence-electron chi connectivity index (χ3n) is 5.87. The highest BCUT2D eigenvalue weighted by Crippen LogP contribution is 2.27. The van der Waals surface area contributed by atoms with Crippen molar-refractivity contribution in [2.24, 2.45) is 0 Å². The van der Waals surface area contributed by atoms with Gasteiger partial charge in [-0.15, -0.1) is 0 Å². The van der Waals surface area contributed by atoms with Gasteiger partial charge in [0.1, 0.15) is 6.04 Å². The van der Waals surface area contributed by atoms with E-state index in [1.165, 1.54) is 0 Å². The molecule has 1 atom stereocenters. The normalized spacial score (nSPS) is 17.1. The van der Waals surface area contributed by atoms with E-state index in [2.05, 4.69) is 21.3 Å². The third kappa shape index (κ3) is 5.84. The first-order valence-corrected chi connectivity index (χ1v) is 11.3. The van der Waals surface area contributed by atoms with Gasteiger partial charge in [0.25, 0.3) is 0 Å². The molecule has 2 aromatic carbocycles. The molecular formula is C27H30N4O2. The quantitative estimate of drug-likeness (QED) is 0.596. The number of hydrogen-bond acceptors (Lipinski definition) is 4. The number of anilines is 1. The van der Waals surface area contributed by atoms with Gasteiger partial charge in [-0.3, -0.25) is 14.6 Å². The highest BCUT2D eigenvalue weighted by molar-refractivity contribution is 5.99. The molecule has 1 saturated heterocycles. The van der Waals surface area contributed by atoms with Crippen LogP contribution in [0, 0.1) is 0 Å². The van der Waals surface area contributed by atoms with Crippen LogP contribution >= 0.6 is 0 Å². The summed E-state index contributed by atoms with van der Waals surface area (Å²) in [5, 5.41) is 3.98. The number of rotatable bonds is 7. The number of nitrogens with zero attached hydrogens (tertiary/aromatic N) is 3. The van der Waals surface area contributed by atoms with E-state index in [1.807, 2.05) is 74.8 Å². The zero-order valence-corrected chi connectivity index (χ0v) is 19.2. The minimum Gasteiger partial charge on any atom is -0.326 e. The van der Waals surface area contributed by atoms with E-state index in [1.54, 1.807) is 11.1 Å². The van der Waals surface area contributed by atoms with E-state index in [4.69, 9.17) is 0 Å². The Bertz CT molecular complexity index is 1160. The summed E-state index contributed by atoms with van der Waals surface area (Å²) in [6, 6.07) is 19.0. The Kier molecular flexibility index (Phi) is 7.15. The topological polar surface area (TPSA) is 65.5 Å². The molecule has 1 aromatic heterocycles. The zero-order valence-electron chi connectivity index (χ0n) is 19.2. The number of nitrogens with one attached hydrogen (secondary N) is 1. The number of pyridine rings is 1. The fourth-order valence-corrected chi connectivity index (χ4v) is 4.21. The summed E-state index contributed by atoms with van der Waals surface area (Å²) in [6.07, 6.45) is 5.58. The van der Waals surface area contributed by atoms with Gasteiger partial charge in [0.15, 0.2) is 0 Å². The highest BCUT2D eigenvalue weighted by atomic mass is 16.2. The van der Waals surface area contributed by atoms with Crippen molar-refractivity contribution in [3.63, 3.8) is 0 Å². The first-order chi connectivity index (χ1) is 16.0. The summed E-state index contributed by atoms with van der Waals surface area (Å²) < 4.78 is 0. The molecule has 0 aliphatic carbocycles. The molecule has 0 unspecified atom stereocenters. The molecule has 170 valence electrons. The Balaban J connectivity index is 1.52. The van der Waals surface area contributed by atoms with E-state index in [-0.39, 0.29) is 11.8 Å². The van der Waals surface area contributed by atoms with Crippen molar-refractivity contribution in [3.05, 3.63) is 78.0 Å². The van der Waals surface area contributed by atoms with Crippen LogP contribution in [0.25, 0.3) is 17.0 Å². The van der Waals surface area contributed by atoms with Crippen LogP contribution in [0.2, 0.25) is 0 Å². The molecule has 3 aromatic rings. The first kappa shape index (κ1) is 22.7. The molecular weight excluding hydrogens is 412 g/mol. The van der Waals surface area contributed by atoms with Gasteiger partial charge in [-0.1, -0.05) is 42.5 Å². The van der Waals surface area contributed by atoms with Crippen molar-refractivity contribution >= 4 is 34.5 Å². The Morgan fingerprint density at radius 3 is 2.73 bits per heavy atom. The fraction of sp³-hybridized carbons (Fsp3) is 0.296. The van der Waals surface area contributed by atoms with Gasteiger partial charge in [-0.25, -0.2) is 0 Å². The van der Waals surface area contributed by atoms with Gasteiger partial charge in [0.05, 0.1) is 5.52 Å². The molecule has 1 aliphatic heterocycles. The first-order valence-electron chi connectivity index (χ1n) is 11.3. The molecule has 1 N–H and O–H groups in total. The average molecular weight is 443 g/mol. The lowest BCUT2D eigenvalue weighted by Crippen LogP contribution is -2.43. The minimum absolute atomic E-state index is 0.0242. The second-order valence-electron chi connectivity index (χ2n) is 8.76. The smallest absolute Gasteiger partial charge is 0.247 e. The number of carbonyl (C=O) groups is 2. The molecule has 6 heteroatoms. The summed E-state index contributed by atoms with van der Waals surface area (Å²) in [5.74, 6) is -0.133. The Morgan fingerprint density at radius 2 is 1.94 bits per heavy atom. The molecule has 0 saturated carbocycles. The number of carbonyl (C=O) groups excluding carboxylic acids is 2. The van der Waals surface area contributed by atoms with E-state index >= 15 is 0 Å². The average Bonchev–Trinajstić information content (AvgIpc) is 3.23. The maximum absolute atomic E-state index is 13.3. The van der Waals surface area contributed by atoms with Crippen molar-refractivity contribution < 1.29 is 9.59 Å². The van der Waals surface area contributed by atoms with Gasteiger partial charge < -0.3 is 15.1 Å². The van der Waals surface area contributed by atoms with Crippen molar-refractivity contribution in [2.45, 2.75) is 25.3 Å². The van der Waals surface area contributed by atoms with Crippen LogP contribution in [0.4, 0.5) is 5.69 Å². The van der Waals surface area contributed by atoms with Crippen LogP contribution in [-0.4, -0.2) is 59.8 Å². The monoisotopic (exact) mass is 442 g/mol. The van der Waals surface area contributed by atoms with Crippen molar-refractivity contribution in [2.75, 3.05) is 32.5 Å². The maximum Gasteiger partial charge on any atom is 0.247 e. The van der Waals surface area contributed by atoms with Crippen LogP contribution in [0.15, 0.2) is 72.4 Å². The second kappa shape index (κ2) is 10.4. The summed E-state index contributed by atoms with van der Waals surface area (Å²) in [7, 11) is 3.99. The molecule has 4 rings (SSSR count). The molecule has 0 radical (unpaired) electrons.